The minimum Gasteiger partial charge on any atom is -0.406 e. The third kappa shape index (κ3) is 4.23. The number of pyridine rings is 1. The predicted octanol–water partition coefficient (Wildman–Crippen LogP) is 4.34. The first-order valence-electron chi connectivity index (χ1n) is 5.69. The van der Waals surface area contributed by atoms with Gasteiger partial charge in [0.25, 0.3) is 0 Å². The minimum absolute atomic E-state index is 0.144. The molecule has 0 aliphatic rings. The van der Waals surface area contributed by atoms with E-state index in [0.29, 0.717) is 11.1 Å². The molecule has 0 radical (unpaired) electrons. The Morgan fingerprint density at radius 2 is 1.67 bits per heavy atom. The first kappa shape index (κ1) is 15.9. The standard InChI is InChI=1S/C13H9Cl2F3N2O/c14-10-6-5-9(12(15)20-10)11(19)7-1-3-8(4-2-7)21-13(16,17)18/h1-6,11H,19H2/t11-/m0/s1. The van der Waals surface area contributed by atoms with Crippen LogP contribution in [0.25, 0.3) is 0 Å². The fourth-order valence-corrected chi connectivity index (χ4v) is 2.17. The largest absolute Gasteiger partial charge is 0.573 e. The van der Waals surface area contributed by atoms with Crippen LogP contribution in [0.5, 0.6) is 5.75 Å². The van der Waals surface area contributed by atoms with Crippen LogP contribution in [0.1, 0.15) is 17.2 Å². The topological polar surface area (TPSA) is 48.1 Å². The summed E-state index contributed by atoms with van der Waals surface area (Å²) in [6, 6.07) is 7.72. The fraction of sp³-hybridized carbons (Fsp3) is 0.154. The van der Waals surface area contributed by atoms with Crippen molar-refractivity contribution in [2.24, 2.45) is 5.73 Å². The molecule has 1 aromatic heterocycles. The van der Waals surface area contributed by atoms with Gasteiger partial charge in [0.2, 0.25) is 0 Å². The first-order valence-corrected chi connectivity index (χ1v) is 6.45. The molecule has 112 valence electrons. The summed E-state index contributed by atoms with van der Waals surface area (Å²) in [6.45, 7) is 0. The van der Waals surface area contributed by atoms with Crippen molar-refractivity contribution in [3.8, 4) is 5.75 Å². The highest BCUT2D eigenvalue weighted by Crippen LogP contribution is 2.29. The second kappa shape index (κ2) is 6.09. The molecule has 0 saturated carbocycles. The zero-order valence-electron chi connectivity index (χ0n) is 10.4. The van der Waals surface area contributed by atoms with Gasteiger partial charge in [0, 0.05) is 5.56 Å². The van der Waals surface area contributed by atoms with E-state index in [-0.39, 0.29) is 16.1 Å². The quantitative estimate of drug-likeness (QED) is 0.848. The van der Waals surface area contributed by atoms with E-state index in [9.17, 15) is 13.2 Å². The van der Waals surface area contributed by atoms with Crippen LogP contribution in [-0.4, -0.2) is 11.3 Å². The molecule has 0 fully saturated rings. The normalized spacial score (nSPS) is 13.0. The summed E-state index contributed by atoms with van der Waals surface area (Å²) in [5.74, 6) is -0.321. The zero-order valence-corrected chi connectivity index (χ0v) is 11.9. The summed E-state index contributed by atoms with van der Waals surface area (Å²) in [6.07, 6.45) is -4.73. The molecule has 0 aliphatic heterocycles. The van der Waals surface area contributed by atoms with Crippen molar-refractivity contribution in [1.29, 1.82) is 0 Å². The Bertz CT molecular complexity index is 632. The molecule has 2 aromatic rings. The van der Waals surface area contributed by atoms with Gasteiger partial charge in [0.05, 0.1) is 6.04 Å². The smallest absolute Gasteiger partial charge is 0.406 e. The number of halogens is 5. The molecule has 0 amide bonds. The number of hydrogen-bond acceptors (Lipinski definition) is 3. The molecule has 1 heterocycles. The molecule has 0 spiro atoms. The number of rotatable bonds is 3. The molecule has 1 aromatic carbocycles. The Balaban J connectivity index is 2.22. The summed E-state index contributed by atoms with van der Waals surface area (Å²) < 4.78 is 40.0. The van der Waals surface area contributed by atoms with E-state index in [1.54, 1.807) is 6.07 Å². The van der Waals surface area contributed by atoms with Crippen molar-refractivity contribution in [3.63, 3.8) is 0 Å². The van der Waals surface area contributed by atoms with E-state index < -0.39 is 12.4 Å². The van der Waals surface area contributed by atoms with Crippen molar-refractivity contribution >= 4 is 23.2 Å². The molecule has 0 bridgehead atoms. The summed E-state index contributed by atoms with van der Waals surface area (Å²) in [7, 11) is 0. The monoisotopic (exact) mass is 336 g/mol. The Labute approximate surface area is 128 Å². The lowest BCUT2D eigenvalue weighted by Gasteiger charge is -2.15. The molecule has 0 aliphatic carbocycles. The molecule has 8 heteroatoms. The highest BCUT2D eigenvalue weighted by atomic mass is 35.5. The Morgan fingerprint density at radius 3 is 2.19 bits per heavy atom. The molecule has 2 N–H and O–H groups in total. The summed E-state index contributed by atoms with van der Waals surface area (Å²) in [5.41, 5.74) is 7.10. The lowest BCUT2D eigenvalue weighted by atomic mass is 10.0. The Morgan fingerprint density at radius 1 is 1.05 bits per heavy atom. The van der Waals surface area contributed by atoms with Gasteiger partial charge in [-0.05, 0) is 23.8 Å². The third-order valence-electron chi connectivity index (χ3n) is 2.65. The minimum atomic E-state index is -4.73. The second-order valence-corrected chi connectivity index (χ2v) is 4.85. The second-order valence-electron chi connectivity index (χ2n) is 4.11. The summed E-state index contributed by atoms with van der Waals surface area (Å²) in [5, 5.41) is 0.371. The maximum absolute atomic E-state index is 12.1. The molecule has 21 heavy (non-hydrogen) atoms. The van der Waals surface area contributed by atoms with Crippen LogP contribution in [-0.2, 0) is 0 Å². The van der Waals surface area contributed by atoms with Gasteiger partial charge in [-0.2, -0.15) is 0 Å². The van der Waals surface area contributed by atoms with Crippen molar-refractivity contribution in [3.05, 3.63) is 57.8 Å². The van der Waals surface area contributed by atoms with Crippen LogP contribution >= 0.6 is 23.2 Å². The van der Waals surface area contributed by atoms with Crippen LogP contribution in [0, 0.1) is 0 Å². The van der Waals surface area contributed by atoms with Crippen molar-refractivity contribution < 1.29 is 17.9 Å². The summed E-state index contributed by atoms with van der Waals surface area (Å²) >= 11 is 11.6. The van der Waals surface area contributed by atoms with E-state index in [1.165, 1.54) is 30.3 Å². The summed E-state index contributed by atoms with van der Waals surface area (Å²) in [4.78, 5) is 3.86. The van der Waals surface area contributed by atoms with Gasteiger partial charge < -0.3 is 10.5 Å². The van der Waals surface area contributed by atoms with Crippen LogP contribution in [0.4, 0.5) is 13.2 Å². The van der Waals surface area contributed by atoms with E-state index in [2.05, 4.69) is 9.72 Å². The number of alkyl halides is 3. The van der Waals surface area contributed by atoms with Gasteiger partial charge in [0.15, 0.2) is 0 Å². The Hall–Kier alpha value is -1.50. The lowest BCUT2D eigenvalue weighted by Crippen LogP contribution is -2.17. The number of ether oxygens (including phenoxy) is 1. The number of aromatic nitrogens is 1. The Kier molecular flexibility index (Phi) is 4.61. The molecule has 2 rings (SSSR count). The molecular formula is C13H9Cl2F3N2O. The number of nitrogens with two attached hydrogens (primary N) is 1. The van der Waals surface area contributed by atoms with Crippen LogP contribution in [0.15, 0.2) is 36.4 Å². The van der Waals surface area contributed by atoms with Crippen molar-refractivity contribution in [2.45, 2.75) is 12.4 Å². The number of hydrogen-bond donors (Lipinski definition) is 1. The molecule has 0 saturated heterocycles. The lowest BCUT2D eigenvalue weighted by molar-refractivity contribution is -0.274. The van der Waals surface area contributed by atoms with Crippen LogP contribution in [0.2, 0.25) is 10.3 Å². The van der Waals surface area contributed by atoms with Gasteiger partial charge >= 0.3 is 6.36 Å². The molecule has 1 atom stereocenters. The molecular weight excluding hydrogens is 328 g/mol. The zero-order chi connectivity index (χ0) is 15.6. The van der Waals surface area contributed by atoms with E-state index in [4.69, 9.17) is 28.9 Å². The van der Waals surface area contributed by atoms with Gasteiger partial charge in [0.1, 0.15) is 16.1 Å². The van der Waals surface area contributed by atoms with Crippen LogP contribution < -0.4 is 10.5 Å². The molecule has 3 nitrogen and oxygen atoms in total. The van der Waals surface area contributed by atoms with Crippen molar-refractivity contribution in [1.82, 2.24) is 4.98 Å². The number of benzene rings is 1. The predicted molar refractivity (Wildman–Crippen MR) is 73.4 cm³/mol. The van der Waals surface area contributed by atoms with Gasteiger partial charge in [-0.25, -0.2) is 4.98 Å². The van der Waals surface area contributed by atoms with E-state index in [1.807, 2.05) is 0 Å². The first-order chi connectivity index (χ1) is 9.76. The average molecular weight is 337 g/mol. The van der Waals surface area contributed by atoms with Gasteiger partial charge in [-0.15, -0.1) is 13.2 Å². The van der Waals surface area contributed by atoms with Gasteiger partial charge in [-0.3, -0.25) is 0 Å². The van der Waals surface area contributed by atoms with E-state index >= 15 is 0 Å². The average Bonchev–Trinajstić information content (AvgIpc) is 2.37. The highest BCUT2D eigenvalue weighted by molar-refractivity contribution is 6.32. The van der Waals surface area contributed by atoms with Gasteiger partial charge in [-0.1, -0.05) is 41.4 Å². The fourth-order valence-electron chi connectivity index (χ4n) is 1.71. The van der Waals surface area contributed by atoms with Crippen molar-refractivity contribution in [2.75, 3.05) is 0 Å². The number of nitrogens with zero attached hydrogens (tertiary/aromatic N) is 1. The maximum atomic E-state index is 12.1. The molecule has 0 unspecified atom stereocenters. The highest BCUT2D eigenvalue weighted by Gasteiger charge is 2.31. The maximum Gasteiger partial charge on any atom is 0.573 e. The van der Waals surface area contributed by atoms with E-state index in [0.717, 1.165) is 0 Å². The third-order valence-corrected chi connectivity index (χ3v) is 3.16. The SMILES string of the molecule is N[C@@H](c1ccc(OC(F)(F)F)cc1)c1ccc(Cl)nc1Cl. The van der Waals surface area contributed by atoms with Crippen LogP contribution in [0.3, 0.4) is 0 Å².